The standard InChI is InChI=1S/C15H23ClN2/c1-12(11-18-8-3-4-9-18)17-13(2)14-6-5-7-15(16)10-14/h5-7,10,12-13,17H,3-4,8-9,11H2,1-2H3. The second-order valence-corrected chi connectivity index (χ2v) is 5.79. The molecule has 0 aliphatic carbocycles. The smallest absolute Gasteiger partial charge is 0.0409 e. The van der Waals surface area contributed by atoms with Gasteiger partial charge in [-0.25, -0.2) is 0 Å². The van der Waals surface area contributed by atoms with E-state index >= 15 is 0 Å². The largest absolute Gasteiger partial charge is 0.306 e. The number of nitrogens with one attached hydrogen (secondary N) is 1. The fourth-order valence-electron chi connectivity index (χ4n) is 2.70. The monoisotopic (exact) mass is 266 g/mol. The summed E-state index contributed by atoms with van der Waals surface area (Å²) in [5.41, 5.74) is 1.26. The summed E-state index contributed by atoms with van der Waals surface area (Å²) in [7, 11) is 0. The van der Waals surface area contributed by atoms with Crippen LogP contribution in [-0.2, 0) is 0 Å². The molecule has 100 valence electrons. The van der Waals surface area contributed by atoms with E-state index in [0.717, 1.165) is 11.6 Å². The molecule has 0 radical (unpaired) electrons. The molecule has 0 saturated carbocycles. The summed E-state index contributed by atoms with van der Waals surface area (Å²) in [5.74, 6) is 0. The zero-order chi connectivity index (χ0) is 13.0. The summed E-state index contributed by atoms with van der Waals surface area (Å²) in [5, 5.41) is 4.46. The lowest BCUT2D eigenvalue weighted by atomic mass is 10.1. The molecule has 0 aromatic heterocycles. The average Bonchev–Trinajstić information content (AvgIpc) is 2.81. The molecule has 3 heteroatoms. The normalized spacial score (nSPS) is 19.9. The Morgan fingerprint density at radius 1 is 1.28 bits per heavy atom. The van der Waals surface area contributed by atoms with Crippen LogP contribution in [0.25, 0.3) is 0 Å². The molecular weight excluding hydrogens is 244 g/mol. The molecule has 1 heterocycles. The summed E-state index contributed by atoms with van der Waals surface area (Å²) in [6.07, 6.45) is 2.72. The summed E-state index contributed by atoms with van der Waals surface area (Å²) >= 11 is 6.03. The highest BCUT2D eigenvalue weighted by Gasteiger charge is 2.16. The number of nitrogens with zero attached hydrogens (tertiary/aromatic N) is 1. The van der Waals surface area contributed by atoms with Crippen LogP contribution in [0.3, 0.4) is 0 Å². The van der Waals surface area contributed by atoms with Crippen LogP contribution in [0.1, 0.15) is 38.3 Å². The predicted molar refractivity (Wildman–Crippen MR) is 78.1 cm³/mol. The summed E-state index contributed by atoms with van der Waals surface area (Å²) in [6.45, 7) is 8.13. The Balaban J connectivity index is 1.84. The lowest BCUT2D eigenvalue weighted by Gasteiger charge is -2.25. The molecule has 1 aromatic carbocycles. The molecule has 1 aliphatic rings. The molecule has 0 bridgehead atoms. The van der Waals surface area contributed by atoms with Crippen LogP contribution in [0, 0.1) is 0 Å². The Morgan fingerprint density at radius 2 is 2.00 bits per heavy atom. The Hall–Kier alpha value is -0.570. The Bertz CT molecular complexity index is 375. The minimum absolute atomic E-state index is 0.348. The van der Waals surface area contributed by atoms with Gasteiger partial charge in [0.1, 0.15) is 0 Å². The topological polar surface area (TPSA) is 15.3 Å². The van der Waals surface area contributed by atoms with Gasteiger partial charge in [0, 0.05) is 23.7 Å². The van der Waals surface area contributed by atoms with E-state index in [1.807, 2.05) is 18.2 Å². The molecule has 1 aliphatic heterocycles. The zero-order valence-electron chi connectivity index (χ0n) is 11.3. The first-order valence-electron chi connectivity index (χ1n) is 6.89. The van der Waals surface area contributed by atoms with E-state index in [1.165, 1.54) is 31.5 Å². The van der Waals surface area contributed by atoms with E-state index in [0.29, 0.717) is 12.1 Å². The minimum Gasteiger partial charge on any atom is -0.306 e. The van der Waals surface area contributed by atoms with Gasteiger partial charge in [-0.15, -0.1) is 0 Å². The van der Waals surface area contributed by atoms with E-state index in [4.69, 9.17) is 11.6 Å². The van der Waals surface area contributed by atoms with E-state index < -0.39 is 0 Å². The van der Waals surface area contributed by atoms with Crippen molar-refractivity contribution in [1.29, 1.82) is 0 Å². The zero-order valence-corrected chi connectivity index (χ0v) is 12.1. The van der Waals surface area contributed by atoms with Crippen LogP contribution < -0.4 is 5.32 Å². The fraction of sp³-hybridized carbons (Fsp3) is 0.600. The van der Waals surface area contributed by atoms with Crippen molar-refractivity contribution in [2.75, 3.05) is 19.6 Å². The molecule has 1 aromatic rings. The highest BCUT2D eigenvalue weighted by molar-refractivity contribution is 6.30. The Labute approximate surface area is 115 Å². The van der Waals surface area contributed by atoms with Gasteiger partial charge in [-0.3, -0.25) is 0 Å². The molecule has 1 saturated heterocycles. The highest BCUT2D eigenvalue weighted by Crippen LogP contribution is 2.18. The van der Waals surface area contributed by atoms with E-state index in [-0.39, 0.29) is 0 Å². The first-order chi connectivity index (χ1) is 8.65. The maximum Gasteiger partial charge on any atom is 0.0409 e. The molecule has 0 spiro atoms. The Morgan fingerprint density at radius 3 is 2.67 bits per heavy atom. The van der Waals surface area contributed by atoms with E-state index in [9.17, 15) is 0 Å². The molecule has 2 nitrogen and oxygen atoms in total. The molecule has 2 atom stereocenters. The quantitative estimate of drug-likeness (QED) is 0.878. The number of hydrogen-bond donors (Lipinski definition) is 1. The first kappa shape index (κ1) is 13.9. The molecule has 2 unspecified atom stereocenters. The number of benzene rings is 1. The van der Waals surface area contributed by atoms with Crippen molar-refractivity contribution >= 4 is 11.6 Å². The van der Waals surface area contributed by atoms with Crippen LogP contribution in [0.15, 0.2) is 24.3 Å². The van der Waals surface area contributed by atoms with E-state index in [2.05, 4.69) is 30.1 Å². The van der Waals surface area contributed by atoms with E-state index in [1.54, 1.807) is 0 Å². The summed E-state index contributed by atoms with van der Waals surface area (Å²) in [4.78, 5) is 2.54. The number of likely N-dealkylation sites (tertiary alicyclic amines) is 1. The fourth-order valence-corrected chi connectivity index (χ4v) is 2.90. The number of hydrogen-bond acceptors (Lipinski definition) is 2. The number of rotatable bonds is 5. The summed E-state index contributed by atoms with van der Waals surface area (Å²) < 4.78 is 0. The van der Waals surface area contributed by atoms with Gasteiger partial charge in [-0.2, -0.15) is 0 Å². The van der Waals surface area contributed by atoms with Gasteiger partial charge in [0.25, 0.3) is 0 Å². The highest BCUT2D eigenvalue weighted by atomic mass is 35.5. The third-order valence-electron chi connectivity index (χ3n) is 3.61. The predicted octanol–water partition coefficient (Wildman–Crippen LogP) is 3.47. The molecule has 0 amide bonds. The Kier molecular flexibility index (Phi) is 5.04. The van der Waals surface area contributed by atoms with Gasteiger partial charge in [0.15, 0.2) is 0 Å². The SMILES string of the molecule is CC(CN1CCCC1)NC(C)c1cccc(Cl)c1. The van der Waals surface area contributed by atoms with Crippen LogP contribution >= 0.6 is 11.6 Å². The van der Waals surface area contributed by atoms with Crippen molar-refractivity contribution in [3.63, 3.8) is 0 Å². The van der Waals surface area contributed by atoms with Gasteiger partial charge < -0.3 is 10.2 Å². The van der Waals surface area contributed by atoms with Crippen molar-refractivity contribution in [3.8, 4) is 0 Å². The molecule has 1 N–H and O–H groups in total. The summed E-state index contributed by atoms with van der Waals surface area (Å²) in [6, 6.07) is 8.97. The molecular formula is C15H23ClN2. The third-order valence-corrected chi connectivity index (χ3v) is 3.85. The van der Waals surface area contributed by atoms with Crippen LogP contribution in [0.5, 0.6) is 0 Å². The van der Waals surface area contributed by atoms with Gasteiger partial charge in [0.2, 0.25) is 0 Å². The maximum atomic E-state index is 6.03. The lowest BCUT2D eigenvalue weighted by molar-refractivity contribution is 0.289. The molecule has 2 rings (SSSR count). The number of halogens is 1. The van der Waals surface area contributed by atoms with Crippen molar-refractivity contribution in [1.82, 2.24) is 10.2 Å². The maximum absolute atomic E-state index is 6.03. The van der Waals surface area contributed by atoms with Crippen molar-refractivity contribution in [2.45, 2.75) is 38.8 Å². The lowest BCUT2D eigenvalue weighted by Crippen LogP contribution is -2.39. The van der Waals surface area contributed by atoms with Crippen molar-refractivity contribution in [2.24, 2.45) is 0 Å². The second-order valence-electron chi connectivity index (χ2n) is 5.35. The van der Waals surface area contributed by atoms with Gasteiger partial charge in [-0.1, -0.05) is 23.7 Å². The van der Waals surface area contributed by atoms with Crippen LogP contribution in [0.4, 0.5) is 0 Å². The van der Waals surface area contributed by atoms with Gasteiger partial charge in [0.05, 0.1) is 0 Å². The third kappa shape index (κ3) is 3.98. The van der Waals surface area contributed by atoms with Crippen molar-refractivity contribution < 1.29 is 0 Å². The van der Waals surface area contributed by atoms with Crippen LogP contribution in [0.2, 0.25) is 5.02 Å². The average molecular weight is 267 g/mol. The minimum atomic E-state index is 0.348. The second kappa shape index (κ2) is 6.55. The van der Waals surface area contributed by atoms with Gasteiger partial charge >= 0.3 is 0 Å². The molecule has 1 fully saturated rings. The van der Waals surface area contributed by atoms with Gasteiger partial charge in [-0.05, 0) is 57.5 Å². The first-order valence-corrected chi connectivity index (χ1v) is 7.27. The van der Waals surface area contributed by atoms with Crippen molar-refractivity contribution in [3.05, 3.63) is 34.9 Å². The van der Waals surface area contributed by atoms with Crippen LogP contribution in [-0.4, -0.2) is 30.6 Å². The molecule has 18 heavy (non-hydrogen) atoms.